The Kier molecular flexibility index (Phi) is 4.92. The Morgan fingerprint density at radius 3 is 1.96 bits per heavy atom. The molecule has 0 aliphatic heterocycles. The van der Waals surface area contributed by atoms with Crippen molar-refractivity contribution in [3.8, 4) is 5.75 Å². The minimum atomic E-state index is -0.157. The number of aromatic hydroxyl groups is 1. The highest BCUT2D eigenvalue weighted by atomic mass is 16.3. The number of nitrogens with one attached hydrogen (secondary N) is 1. The number of aryl methyl sites for hydroxylation is 2. The van der Waals surface area contributed by atoms with E-state index in [1.54, 1.807) is 24.3 Å². The van der Waals surface area contributed by atoms with Crippen LogP contribution in [0.25, 0.3) is 0 Å². The first-order valence-corrected chi connectivity index (χ1v) is 7.94. The monoisotopic (exact) mass is 317 g/mol. The lowest BCUT2D eigenvalue weighted by atomic mass is 10.0. The van der Waals surface area contributed by atoms with Crippen LogP contribution in [-0.4, -0.2) is 11.0 Å². The summed E-state index contributed by atoms with van der Waals surface area (Å²) in [4.78, 5) is 12.2. The maximum Gasteiger partial charge on any atom is 0.255 e. The highest BCUT2D eigenvalue weighted by Crippen LogP contribution is 2.15. The zero-order chi connectivity index (χ0) is 16.8. The van der Waals surface area contributed by atoms with Gasteiger partial charge in [0.05, 0.1) is 0 Å². The van der Waals surface area contributed by atoms with Crippen molar-refractivity contribution in [2.45, 2.75) is 12.8 Å². The van der Waals surface area contributed by atoms with Crippen LogP contribution in [-0.2, 0) is 12.8 Å². The molecule has 0 aliphatic carbocycles. The molecule has 2 N–H and O–H groups in total. The lowest BCUT2D eigenvalue weighted by Gasteiger charge is -2.07. The Morgan fingerprint density at radius 1 is 0.750 bits per heavy atom. The molecule has 0 saturated heterocycles. The maximum absolute atomic E-state index is 12.2. The summed E-state index contributed by atoms with van der Waals surface area (Å²) in [7, 11) is 0. The molecule has 1 amide bonds. The SMILES string of the molecule is O=C(Nc1ccc(O)cc1)c1ccc(CCc2ccccc2)cc1. The molecule has 0 spiro atoms. The third-order valence-electron chi connectivity index (χ3n) is 3.89. The molecule has 120 valence electrons. The van der Waals surface area contributed by atoms with Crippen LogP contribution in [0.15, 0.2) is 78.9 Å². The molecule has 0 aliphatic rings. The molecule has 3 rings (SSSR count). The van der Waals surface area contributed by atoms with E-state index in [9.17, 15) is 9.90 Å². The number of hydrogen-bond acceptors (Lipinski definition) is 2. The molecular weight excluding hydrogens is 298 g/mol. The fourth-order valence-electron chi connectivity index (χ4n) is 2.50. The molecular formula is C21H19NO2. The summed E-state index contributed by atoms with van der Waals surface area (Å²) >= 11 is 0. The summed E-state index contributed by atoms with van der Waals surface area (Å²) in [6, 6.07) is 24.5. The molecule has 0 atom stereocenters. The van der Waals surface area contributed by atoms with Crippen LogP contribution in [0, 0.1) is 0 Å². The van der Waals surface area contributed by atoms with Gasteiger partial charge in [0.1, 0.15) is 5.75 Å². The number of carbonyl (C=O) groups excluding carboxylic acids is 1. The van der Waals surface area contributed by atoms with Crippen LogP contribution in [0.4, 0.5) is 5.69 Å². The highest BCUT2D eigenvalue weighted by molar-refractivity contribution is 6.04. The van der Waals surface area contributed by atoms with E-state index in [0.29, 0.717) is 11.3 Å². The van der Waals surface area contributed by atoms with Crippen molar-refractivity contribution < 1.29 is 9.90 Å². The van der Waals surface area contributed by atoms with Crippen molar-refractivity contribution in [3.05, 3.63) is 95.6 Å². The predicted molar refractivity (Wildman–Crippen MR) is 96.4 cm³/mol. The van der Waals surface area contributed by atoms with Gasteiger partial charge in [0, 0.05) is 11.3 Å². The summed E-state index contributed by atoms with van der Waals surface area (Å²) in [6.45, 7) is 0. The van der Waals surface area contributed by atoms with Gasteiger partial charge in [-0.3, -0.25) is 4.79 Å². The van der Waals surface area contributed by atoms with Crippen molar-refractivity contribution in [3.63, 3.8) is 0 Å². The predicted octanol–water partition coefficient (Wildman–Crippen LogP) is 4.43. The second-order valence-electron chi connectivity index (χ2n) is 5.68. The van der Waals surface area contributed by atoms with E-state index in [0.717, 1.165) is 12.8 Å². The number of benzene rings is 3. The molecule has 0 radical (unpaired) electrons. The van der Waals surface area contributed by atoms with Gasteiger partial charge in [-0.2, -0.15) is 0 Å². The van der Waals surface area contributed by atoms with E-state index in [4.69, 9.17) is 0 Å². The lowest BCUT2D eigenvalue weighted by molar-refractivity contribution is 0.102. The average Bonchev–Trinajstić information content (AvgIpc) is 2.63. The van der Waals surface area contributed by atoms with E-state index in [1.807, 2.05) is 42.5 Å². The molecule has 3 heteroatoms. The zero-order valence-corrected chi connectivity index (χ0v) is 13.3. The third kappa shape index (κ3) is 4.23. The van der Waals surface area contributed by atoms with Gasteiger partial charge in [-0.15, -0.1) is 0 Å². The summed E-state index contributed by atoms with van der Waals surface area (Å²) in [5.41, 5.74) is 3.80. The number of phenolic OH excluding ortho intramolecular Hbond substituents is 1. The Bertz CT molecular complexity index is 794. The van der Waals surface area contributed by atoms with E-state index >= 15 is 0 Å². The largest absolute Gasteiger partial charge is 0.508 e. The fourth-order valence-corrected chi connectivity index (χ4v) is 2.50. The normalized spacial score (nSPS) is 10.3. The molecule has 0 bridgehead atoms. The van der Waals surface area contributed by atoms with E-state index in [-0.39, 0.29) is 11.7 Å². The van der Waals surface area contributed by atoms with Gasteiger partial charge in [-0.1, -0.05) is 42.5 Å². The number of phenols is 1. The van der Waals surface area contributed by atoms with Crippen molar-refractivity contribution in [1.29, 1.82) is 0 Å². The summed E-state index contributed by atoms with van der Waals surface area (Å²) in [6.07, 6.45) is 1.93. The quantitative estimate of drug-likeness (QED) is 0.684. The van der Waals surface area contributed by atoms with Gasteiger partial charge in [0.2, 0.25) is 0 Å². The molecule has 24 heavy (non-hydrogen) atoms. The molecule has 0 unspecified atom stereocenters. The Morgan fingerprint density at radius 2 is 1.33 bits per heavy atom. The Hall–Kier alpha value is -3.07. The summed E-state index contributed by atoms with van der Waals surface area (Å²) in [5, 5.41) is 12.1. The Labute approximate surface area is 141 Å². The van der Waals surface area contributed by atoms with Crippen LogP contribution in [0.5, 0.6) is 5.75 Å². The van der Waals surface area contributed by atoms with Crippen LogP contribution in [0.2, 0.25) is 0 Å². The molecule has 3 aromatic rings. The number of hydrogen-bond donors (Lipinski definition) is 2. The molecule has 3 nitrogen and oxygen atoms in total. The van der Waals surface area contributed by atoms with E-state index in [2.05, 4.69) is 17.4 Å². The molecule has 0 heterocycles. The summed E-state index contributed by atoms with van der Waals surface area (Å²) < 4.78 is 0. The minimum absolute atomic E-state index is 0.157. The molecule has 0 aromatic heterocycles. The van der Waals surface area contributed by atoms with Crippen LogP contribution >= 0.6 is 0 Å². The molecule has 0 fully saturated rings. The topological polar surface area (TPSA) is 49.3 Å². The second-order valence-corrected chi connectivity index (χ2v) is 5.68. The van der Waals surface area contributed by atoms with Gasteiger partial charge in [0.15, 0.2) is 0 Å². The molecule has 0 saturated carbocycles. The van der Waals surface area contributed by atoms with Crippen LogP contribution in [0.3, 0.4) is 0 Å². The number of carbonyl (C=O) groups is 1. The third-order valence-corrected chi connectivity index (χ3v) is 3.89. The average molecular weight is 317 g/mol. The van der Waals surface area contributed by atoms with Crippen molar-refractivity contribution in [2.24, 2.45) is 0 Å². The summed E-state index contributed by atoms with van der Waals surface area (Å²) in [5.74, 6) is 0.0195. The first-order chi connectivity index (χ1) is 11.7. The lowest BCUT2D eigenvalue weighted by Crippen LogP contribution is -2.11. The maximum atomic E-state index is 12.2. The van der Waals surface area contributed by atoms with E-state index < -0.39 is 0 Å². The number of anilines is 1. The number of rotatable bonds is 5. The smallest absolute Gasteiger partial charge is 0.255 e. The van der Waals surface area contributed by atoms with Gasteiger partial charge in [0.25, 0.3) is 5.91 Å². The van der Waals surface area contributed by atoms with E-state index in [1.165, 1.54) is 11.1 Å². The van der Waals surface area contributed by atoms with Crippen LogP contribution < -0.4 is 5.32 Å². The van der Waals surface area contributed by atoms with Gasteiger partial charge in [-0.25, -0.2) is 0 Å². The standard InChI is InChI=1S/C21H19NO2/c23-20-14-12-19(13-15-20)22-21(24)18-10-8-17(9-11-18)7-6-16-4-2-1-3-5-16/h1-5,8-15,23H,6-7H2,(H,22,24). The van der Waals surface area contributed by atoms with Crippen LogP contribution in [0.1, 0.15) is 21.5 Å². The Balaban J connectivity index is 1.59. The van der Waals surface area contributed by atoms with Gasteiger partial charge < -0.3 is 10.4 Å². The molecule has 3 aromatic carbocycles. The first-order valence-electron chi connectivity index (χ1n) is 7.94. The fraction of sp³-hybridized carbons (Fsp3) is 0.0952. The zero-order valence-electron chi connectivity index (χ0n) is 13.3. The van der Waals surface area contributed by atoms with Crippen molar-refractivity contribution >= 4 is 11.6 Å². The second kappa shape index (κ2) is 7.47. The minimum Gasteiger partial charge on any atom is -0.508 e. The van der Waals surface area contributed by atoms with Crippen molar-refractivity contribution in [2.75, 3.05) is 5.32 Å². The van der Waals surface area contributed by atoms with Gasteiger partial charge >= 0.3 is 0 Å². The number of amides is 1. The highest BCUT2D eigenvalue weighted by Gasteiger charge is 2.06. The first kappa shape index (κ1) is 15.8. The van der Waals surface area contributed by atoms with Crippen molar-refractivity contribution in [1.82, 2.24) is 0 Å². The van der Waals surface area contributed by atoms with Gasteiger partial charge in [-0.05, 0) is 60.4 Å².